The van der Waals surface area contributed by atoms with Crippen LogP contribution in [0.5, 0.6) is 0 Å². The monoisotopic (exact) mass is 399 g/mol. The molecule has 8 nitrogen and oxygen atoms in total. The van der Waals surface area contributed by atoms with Crippen molar-refractivity contribution in [1.29, 1.82) is 0 Å². The molecule has 10 heteroatoms. The summed E-state index contributed by atoms with van der Waals surface area (Å²) in [5, 5.41) is 14.8. The second-order valence-electron chi connectivity index (χ2n) is 1.29. The zero-order valence-corrected chi connectivity index (χ0v) is 10.2. The first-order valence-electron chi connectivity index (χ1n) is 2.06. The average Bonchev–Trinajstić information content (AvgIpc) is 1.91. The van der Waals surface area contributed by atoms with Crippen molar-refractivity contribution >= 4 is 15.8 Å². The summed E-state index contributed by atoms with van der Waals surface area (Å²) in [6.07, 6.45) is 0.750. The van der Waals surface area contributed by atoms with E-state index in [2.05, 4.69) is 9.42 Å². The van der Waals surface area contributed by atoms with Gasteiger partial charge in [0.1, 0.15) is 0 Å². The molecule has 0 spiro atoms. The molecule has 0 aliphatic carbocycles. The number of amides is 1. The van der Waals surface area contributed by atoms with Gasteiger partial charge in [0, 0.05) is 14.1 Å². The van der Waals surface area contributed by atoms with Gasteiger partial charge in [0.2, 0.25) is 6.41 Å². The molecule has 0 aliphatic heterocycles. The van der Waals surface area contributed by atoms with Crippen molar-refractivity contribution in [2.45, 2.75) is 0 Å². The molecule has 0 unspecified atom stereocenters. The Kier molecular flexibility index (Phi) is 67.6. The predicted molar refractivity (Wildman–Crippen MR) is 46.0 cm³/mol. The fraction of sp³-hybridized carbons (Fsp3) is 0.667. The van der Waals surface area contributed by atoms with E-state index in [0.29, 0.717) is 0 Å². The van der Waals surface area contributed by atoms with Gasteiger partial charge in [-0.2, -0.15) is 0 Å². The molecule has 0 aromatic heterocycles. The summed E-state index contributed by atoms with van der Waals surface area (Å²) in [5.74, 6) is 0. The standard InChI is InChI=1S/C3H7NO.ClH.NO3.2H3N.Pt/c1-4(2)3-5;;2-1(3)4;;;/h3H,1-2H3;1H;;2*1H3;/q;;-1;;;+2/p-1. The first kappa shape index (κ1) is 29.4. The first-order chi connectivity index (χ1) is 5.00. The topological polar surface area (TPSA) is 157 Å². The molecule has 0 aromatic carbocycles. The van der Waals surface area contributed by atoms with Crippen molar-refractivity contribution in [3.63, 3.8) is 0 Å². The molecule has 6 N–H and O–H groups in total. The number of nitrogens with zero attached hydrogens (tertiary/aromatic N) is 2. The molecule has 0 heterocycles. The Morgan fingerprint density at radius 2 is 1.38 bits per heavy atom. The molecule has 0 atom stereocenters. The van der Waals surface area contributed by atoms with E-state index in [1.165, 1.54) is 4.90 Å². The maximum absolute atomic E-state index is 9.43. The SMILES string of the molecule is CN(C)C=O.N.N.O=[N+]([O-])[O-].[Cl][Pt+]. The van der Waals surface area contributed by atoms with Crippen LogP contribution >= 0.6 is 9.42 Å². The quantitative estimate of drug-likeness (QED) is 0.371. The van der Waals surface area contributed by atoms with Crippen molar-refractivity contribution in [1.82, 2.24) is 17.2 Å². The van der Waals surface area contributed by atoms with E-state index in [1.807, 2.05) is 0 Å². The van der Waals surface area contributed by atoms with E-state index in [9.17, 15) is 4.79 Å². The van der Waals surface area contributed by atoms with E-state index in [-0.39, 0.29) is 12.3 Å². The Morgan fingerprint density at radius 3 is 1.38 bits per heavy atom. The number of halogens is 1. The minimum absolute atomic E-state index is 0. The molecule has 0 rings (SSSR count). The molecule has 0 aromatic rings. The predicted octanol–water partition coefficient (Wildman–Crippen LogP) is 0.476. The van der Waals surface area contributed by atoms with Gasteiger partial charge in [0.15, 0.2) is 0 Å². The van der Waals surface area contributed by atoms with Crippen LogP contribution in [0.4, 0.5) is 0 Å². The third-order valence-electron chi connectivity index (χ3n) is 0.211. The number of rotatable bonds is 1. The van der Waals surface area contributed by atoms with Gasteiger partial charge in [0.25, 0.3) is 0 Å². The summed E-state index contributed by atoms with van der Waals surface area (Å²) in [7, 11) is 7.99. The third kappa shape index (κ3) is 431. The summed E-state index contributed by atoms with van der Waals surface area (Å²) >= 11 is 1.61. The van der Waals surface area contributed by atoms with E-state index < -0.39 is 5.09 Å². The van der Waals surface area contributed by atoms with Gasteiger partial charge in [-0.3, -0.25) is 4.79 Å². The van der Waals surface area contributed by atoms with E-state index >= 15 is 0 Å². The second kappa shape index (κ2) is 29.9. The van der Waals surface area contributed by atoms with Gasteiger partial charge in [-0.25, -0.2) is 0 Å². The van der Waals surface area contributed by atoms with Crippen molar-refractivity contribution in [3.05, 3.63) is 15.3 Å². The Bertz CT molecular complexity index is 101. The molecule has 0 saturated heterocycles. The fourth-order valence-corrected chi connectivity index (χ4v) is 0. The number of carbonyl (C=O) groups excluding carboxylic acids is 1. The molecule has 13 heavy (non-hydrogen) atoms. The summed E-state index contributed by atoms with van der Waals surface area (Å²) < 4.78 is 0. The van der Waals surface area contributed by atoms with Crippen molar-refractivity contribution in [2.24, 2.45) is 0 Å². The average molecular weight is 400 g/mol. The van der Waals surface area contributed by atoms with Crippen molar-refractivity contribution < 1.29 is 28.7 Å². The van der Waals surface area contributed by atoms with Crippen LogP contribution in [0.3, 0.4) is 0 Å². The molecule has 0 fully saturated rings. The van der Waals surface area contributed by atoms with Gasteiger partial charge in [-0.05, 0) is 0 Å². The first-order valence-corrected chi connectivity index (χ1v) is 4.87. The zero-order chi connectivity index (χ0) is 9.86. The Balaban J connectivity index is -0.0000000246. The number of hydrogen-bond acceptors (Lipinski definition) is 6. The maximum atomic E-state index is 9.43. The molecule has 0 aliphatic rings. The van der Waals surface area contributed by atoms with Crippen LogP contribution in [0, 0.1) is 15.3 Å². The molecule has 0 saturated carbocycles. The Hall–Kier alpha value is -0.432. The van der Waals surface area contributed by atoms with Crippen LogP contribution in [0.2, 0.25) is 0 Å². The van der Waals surface area contributed by atoms with Crippen LogP contribution in [0.25, 0.3) is 0 Å². The molecular weight excluding hydrogens is 387 g/mol. The van der Waals surface area contributed by atoms with E-state index in [1.54, 1.807) is 32.9 Å². The van der Waals surface area contributed by atoms with Gasteiger partial charge >= 0.3 is 28.2 Å². The molecule has 86 valence electrons. The molecule has 1 amide bonds. The van der Waals surface area contributed by atoms with Crippen LogP contribution in [0.15, 0.2) is 0 Å². The third-order valence-corrected chi connectivity index (χ3v) is 0.211. The minimum atomic E-state index is -1.75. The molecule has 0 radical (unpaired) electrons. The summed E-state index contributed by atoms with van der Waals surface area (Å²) in [6, 6.07) is 0. The van der Waals surface area contributed by atoms with Gasteiger partial charge < -0.3 is 32.5 Å². The summed E-state index contributed by atoms with van der Waals surface area (Å²) in [4.78, 5) is 19.1. The number of carbonyl (C=O) groups is 1. The molecule has 0 bridgehead atoms. The van der Waals surface area contributed by atoms with E-state index in [0.717, 1.165) is 6.41 Å². The second-order valence-corrected chi connectivity index (χ2v) is 1.29. The number of hydrogen-bond donors (Lipinski definition) is 2. The summed E-state index contributed by atoms with van der Waals surface area (Å²) in [5.41, 5.74) is 0. The fourth-order valence-electron chi connectivity index (χ4n) is 0. The normalized spacial score (nSPS) is 5.00. The van der Waals surface area contributed by atoms with Gasteiger partial charge in [-0.15, -0.1) is 0 Å². The Morgan fingerprint density at radius 1 is 1.31 bits per heavy atom. The van der Waals surface area contributed by atoms with Crippen molar-refractivity contribution in [2.75, 3.05) is 14.1 Å². The van der Waals surface area contributed by atoms with Crippen LogP contribution in [0.1, 0.15) is 0 Å². The van der Waals surface area contributed by atoms with E-state index in [4.69, 9.17) is 15.3 Å². The zero-order valence-electron chi connectivity index (χ0n) is 7.21. The Labute approximate surface area is 91.3 Å². The summed E-state index contributed by atoms with van der Waals surface area (Å²) in [6.45, 7) is 0. The van der Waals surface area contributed by atoms with Crippen LogP contribution in [-0.4, -0.2) is 30.5 Å². The van der Waals surface area contributed by atoms with Crippen LogP contribution in [-0.2, 0) is 23.6 Å². The van der Waals surface area contributed by atoms with Crippen LogP contribution < -0.4 is 12.3 Å². The van der Waals surface area contributed by atoms with Gasteiger partial charge in [0.05, 0.1) is 5.09 Å². The van der Waals surface area contributed by atoms with Gasteiger partial charge in [-0.1, -0.05) is 0 Å². The van der Waals surface area contributed by atoms with Crippen molar-refractivity contribution in [3.8, 4) is 0 Å². The molecular formula is C3H13ClN4O4Pt.